The predicted molar refractivity (Wildman–Crippen MR) is 75.6 cm³/mol. The minimum absolute atomic E-state index is 0.0247. The largest absolute Gasteiger partial charge is 0.380 e. The first-order valence-corrected chi connectivity index (χ1v) is 6.40. The molecule has 0 aromatic heterocycles. The number of nitrogens with zero attached hydrogens (tertiary/aromatic N) is 1. The van der Waals surface area contributed by atoms with Crippen molar-refractivity contribution in [3.05, 3.63) is 24.3 Å². The van der Waals surface area contributed by atoms with Crippen LogP contribution in [0.5, 0.6) is 0 Å². The van der Waals surface area contributed by atoms with Crippen LogP contribution in [-0.4, -0.2) is 50.9 Å². The fraction of sp³-hybridized carbons (Fsp3) is 0.571. The molecule has 1 fully saturated rings. The number of likely N-dealkylation sites (N-methyl/N-ethyl adjacent to an activating group) is 1. The number of aliphatic hydroxyl groups excluding tert-OH is 1. The molecule has 106 valence electrons. The Labute approximate surface area is 114 Å². The van der Waals surface area contributed by atoms with Gasteiger partial charge in [-0.2, -0.15) is 0 Å². The number of nitrogens with one attached hydrogen (secondary N) is 1. The molecular formula is C14H22N2O3. The summed E-state index contributed by atoms with van der Waals surface area (Å²) < 4.78 is 10.2. The van der Waals surface area contributed by atoms with Crippen LogP contribution in [0, 0.1) is 0 Å². The number of benzene rings is 1. The van der Waals surface area contributed by atoms with E-state index in [2.05, 4.69) is 12.2 Å². The highest BCUT2D eigenvalue weighted by atomic mass is 16.5. The first-order chi connectivity index (χ1) is 9.06. The Balaban J connectivity index is 2.15. The van der Waals surface area contributed by atoms with Gasteiger partial charge in [-0.1, -0.05) is 12.1 Å². The quantitative estimate of drug-likeness (QED) is 0.760. The topological polar surface area (TPSA) is 54.0 Å². The molecule has 1 saturated heterocycles. The van der Waals surface area contributed by atoms with Gasteiger partial charge in [0.25, 0.3) is 0 Å². The molecule has 0 radical (unpaired) electrons. The second kappa shape index (κ2) is 5.77. The number of hydrogen-bond acceptors (Lipinski definition) is 5. The lowest BCUT2D eigenvalue weighted by atomic mass is 10.00. The molecule has 2 N–H and O–H groups in total. The van der Waals surface area contributed by atoms with Crippen LogP contribution >= 0.6 is 0 Å². The maximum atomic E-state index is 10.0. The number of rotatable bonds is 6. The van der Waals surface area contributed by atoms with Gasteiger partial charge in [0.15, 0.2) is 0 Å². The molecule has 1 heterocycles. The molecule has 1 unspecified atom stereocenters. The molecule has 1 aromatic carbocycles. The zero-order valence-electron chi connectivity index (χ0n) is 11.7. The van der Waals surface area contributed by atoms with Crippen molar-refractivity contribution in [2.75, 3.05) is 44.2 Å². The Morgan fingerprint density at radius 1 is 1.47 bits per heavy atom. The Hall–Kier alpha value is -1.30. The van der Waals surface area contributed by atoms with Crippen LogP contribution in [0.25, 0.3) is 0 Å². The number of methoxy groups -OCH3 is 1. The average molecular weight is 266 g/mol. The van der Waals surface area contributed by atoms with E-state index in [4.69, 9.17) is 9.47 Å². The molecule has 0 amide bonds. The minimum atomic E-state index is -0.668. The molecule has 0 aliphatic carbocycles. The normalized spacial score (nSPS) is 18.5. The van der Waals surface area contributed by atoms with E-state index < -0.39 is 6.23 Å². The lowest BCUT2D eigenvalue weighted by Crippen LogP contribution is -2.53. The van der Waals surface area contributed by atoms with Gasteiger partial charge in [0.05, 0.1) is 36.7 Å². The van der Waals surface area contributed by atoms with E-state index in [1.165, 1.54) is 0 Å². The van der Waals surface area contributed by atoms with Crippen molar-refractivity contribution in [3.8, 4) is 0 Å². The minimum Gasteiger partial charge on any atom is -0.380 e. The smallest absolute Gasteiger partial charge is 0.150 e. The summed E-state index contributed by atoms with van der Waals surface area (Å²) in [7, 11) is 3.43. The predicted octanol–water partition coefficient (Wildman–Crippen LogP) is 1.29. The van der Waals surface area contributed by atoms with Gasteiger partial charge in [-0.25, -0.2) is 0 Å². The molecule has 1 aliphatic heterocycles. The van der Waals surface area contributed by atoms with E-state index in [1.54, 1.807) is 12.0 Å². The molecule has 5 heteroatoms. The summed E-state index contributed by atoms with van der Waals surface area (Å²) in [6.45, 7) is 3.79. The number of aliphatic hydroxyl groups is 1. The van der Waals surface area contributed by atoms with Gasteiger partial charge in [-0.15, -0.1) is 0 Å². The molecule has 0 bridgehead atoms. The fourth-order valence-electron chi connectivity index (χ4n) is 2.11. The Bertz CT molecular complexity index is 421. The highest BCUT2D eigenvalue weighted by Gasteiger charge is 2.33. The van der Waals surface area contributed by atoms with E-state index in [-0.39, 0.29) is 12.1 Å². The van der Waals surface area contributed by atoms with E-state index >= 15 is 0 Å². The number of ether oxygens (including phenoxy) is 2. The maximum Gasteiger partial charge on any atom is 0.150 e. The van der Waals surface area contributed by atoms with E-state index in [1.807, 2.05) is 31.3 Å². The van der Waals surface area contributed by atoms with Gasteiger partial charge in [0.2, 0.25) is 0 Å². The second-order valence-corrected chi connectivity index (χ2v) is 5.24. The van der Waals surface area contributed by atoms with Crippen LogP contribution in [0.15, 0.2) is 24.3 Å². The van der Waals surface area contributed by atoms with Crippen LogP contribution in [0.1, 0.15) is 6.92 Å². The summed E-state index contributed by atoms with van der Waals surface area (Å²) in [5, 5.41) is 13.5. The molecule has 0 saturated carbocycles. The van der Waals surface area contributed by atoms with E-state index in [0.29, 0.717) is 13.2 Å². The Morgan fingerprint density at radius 2 is 2.16 bits per heavy atom. The van der Waals surface area contributed by atoms with E-state index in [0.717, 1.165) is 11.4 Å². The van der Waals surface area contributed by atoms with Gasteiger partial charge in [0, 0.05) is 14.2 Å². The van der Waals surface area contributed by atoms with Crippen molar-refractivity contribution >= 4 is 11.4 Å². The second-order valence-electron chi connectivity index (χ2n) is 5.24. The first-order valence-electron chi connectivity index (χ1n) is 6.40. The maximum absolute atomic E-state index is 10.0. The first kappa shape index (κ1) is 14.1. The molecule has 5 nitrogen and oxygen atoms in total. The van der Waals surface area contributed by atoms with Crippen LogP contribution < -0.4 is 10.2 Å². The van der Waals surface area contributed by atoms with Gasteiger partial charge in [-0.3, -0.25) is 0 Å². The van der Waals surface area contributed by atoms with Crippen molar-refractivity contribution in [2.45, 2.75) is 18.7 Å². The van der Waals surface area contributed by atoms with Crippen molar-refractivity contribution in [3.63, 3.8) is 0 Å². The molecule has 1 aromatic rings. The number of anilines is 2. The van der Waals surface area contributed by atoms with Crippen LogP contribution in [0.4, 0.5) is 11.4 Å². The van der Waals surface area contributed by atoms with Gasteiger partial charge in [-0.05, 0) is 19.1 Å². The zero-order chi connectivity index (χ0) is 13.9. The third-order valence-electron chi connectivity index (χ3n) is 3.32. The summed E-state index contributed by atoms with van der Waals surface area (Å²) in [6.07, 6.45) is -0.668. The highest BCUT2D eigenvalue weighted by Crippen LogP contribution is 2.30. The lowest BCUT2D eigenvalue weighted by Gasteiger charge is -2.41. The van der Waals surface area contributed by atoms with Crippen LogP contribution in [0.2, 0.25) is 0 Å². The van der Waals surface area contributed by atoms with Crippen molar-refractivity contribution in [1.29, 1.82) is 0 Å². The molecule has 1 atom stereocenters. The molecular weight excluding hydrogens is 244 g/mol. The standard InChI is InChI=1S/C14H22N2O3/c1-14(9-19-10-14)15-11-6-4-5-7-12(11)16(2)13(17)8-18-3/h4-7,13,15,17H,8-10H2,1-3H3. The van der Waals surface area contributed by atoms with Gasteiger partial charge in [0.1, 0.15) is 6.23 Å². The van der Waals surface area contributed by atoms with Crippen molar-refractivity contribution in [2.24, 2.45) is 0 Å². The van der Waals surface area contributed by atoms with Crippen LogP contribution in [0.3, 0.4) is 0 Å². The van der Waals surface area contributed by atoms with Crippen molar-refractivity contribution in [1.82, 2.24) is 0 Å². The summed E-state index contributed by atoms with van der Waals surface area (Å²) in [4.78, 5) is 1.80. The summed E-state index contributed by atoms with van der Waals surface area (Å²) in [5.41, 5.74) is 1.91. The third-order valence-corrected chi connectivity index (χ3v) is 3.32. The molecule has 0 spiro atoms. The van der Waals surface area contributed by atoms with E-state index in [9.17, 15) is 5.11 Å². The summed E-state index contributed by atoms with van der Waals surface area (Å²) >= 11 is 0. The summed E-state index contributed by atoms with van der Waals surface area (Å²) in [5.74, 6) is 0. The van der Waals surface area contributed by atoms with Gasteiger partial charge >= 0.3 is 0 Å². The summed E-state index contributed by atoms with van der Waals surface area (Å²) in [6, 6.07) is 7.92. The van der Waals surface area contributed by atoms with Crippen molar-refractivity contribution < 1.29 is 14.6 Å². The number of para-hydroxylation sites is 2. The SMILES string of the molecule is COCC(O)N(C)c1ccccc1NC1(C)COC1. The Kier molecular flexibility index (Phi) is 4.29. The van der Waals surface area contributed by atoms with Crippen LogP contribution in [-0.2, 0) is 9.47 Å². The molecule has 1 aliphatic rings. The zero-order valence-corrected chi connectivity index (χ0v) is 11.7. The Morgan fingerprint density at radius 3 is 2.74 bits per heavy atom. The highest BCUT2D eigenvalue weighted by molar-refractivity contribution is 5.70. The average Bonchev–Trinajstić information content (AvgIpc) is 2.37. The molecule has 2 rings (SSSR count). The lowest BCUT2D eigenvalue weighted by molar-refractivity contribution is -0.0318. The molecule has 19 heavy (non-hydrogen) atoms. The van der Waals surface area contributed by atoms with Gasteiger partial charge < -0.3 is 24.8 Å². The third kappa shape index (κ3) is 3.18. The fourth-order valence-corrected chi connectivity index (χ4v) is 2.11. The monoisotopic (exact) mass is 266 g/mol. The number of hydrogen-bond donors (Lipinski definition) is 2.